The Bertz CT molecular complexity index is 729. The van der Waals surface area contributed by atoms with Crippen molar-refractivity contribution in [3.63, 3.8) is 0 Å². The van der Waals surface area contributed by atoms with Gasteiger partial charge in [0.2, 0.25) is 0 Å². The smallest absolute Gasteiger partial charge is 0.0644 e. The maximum atomic E-state index is 5.79. The fourth-order valence-corrected chi connectivity index (χ4v) is 3.53. The predicted octanol–water partition coefficient (Wildman–Crippen LogP) is 3.43. The summed E-state index contributed by atoms with van der Waals surface area (Å²) in [5.74, 6) is 5.79. The number of rotatable bonds is 5. The number of aromatic nitrogens is 2. The zero-order valence-electron chi connectivity index (χ0n) is 12.3. The minimum Gasteiger partial charge on any atom is -0.271 e. The molecule has 0 amide bonds. The molecule has 1 atom stereocenters. The first kappa shape index (κ1) is 14.3. The van der Waals surface area contributed by atoms with Crippen LogP contribution in [0.5, 0.6) is 0 Å². The molecule has 3 rings (SSSR count). The lowest BCUT2D eigenvalue weighted by Crippen LogP contribution is -2.29. The summed E-state index contributed by atoms with van der Waals surface area (Å²) in [7, 11) is 0. The van der Waals surface area contributed by atoms with Gasteiger partial charge >= 0.3 is 0 Å². The van der Waals surface area contributed by atoms with E-state index in [0.29, 0.717) is 6.04 Å². The zero-order chi connectivity index (χ0) is 14.8. The van der Waals surface area contributed by atoms with Crippen molar-refractivity contribution in [1.82, 2.24) is 15.2 Å². The summed E-state index contributed by atoms with van der Waals surface area (Å²) in [6.07, 6.45) is 2.82. The molecule has 0 aliphatic carbocycles. The summed E-state index contributed by atoms with van der Waals surface area (Å²) in [4.78, 5) is 0. The van der Waals surface area contributed by atoms with Crippen LogP contribution in [0.15, 0.2) is 41.9 Å². The van der Waals surface area contributed by atoms with E-state index in [9.17, 15) is 0 Å². The zero-order valence-corrected chi connectivity index (χ0v) is 13.1. The second kappa shape index (κ2) is 5.97. The van der Waals surface area contributed by atoms with E-state index in [1.54, 1.807) is 11.3 Å². The van der Waals surface area contributed by atoms with Gasteiger partial charge in [-0.25, -0.2) is 0 Å². The highest BCUT2D eigenvalue weighted by Gasteiger charge is 2.16. The number of hydrogen-bond acceptors (Lipinski definition) is 4. The van der Waals surface area contributed by atoms with Crippen molar-refractivity contribution in [3.8, 4) is 0 Å². The minimum absolute atomic E-state index is 0.0802. The number of fused-ring (bicyclic) bond motifs is 1. The van der Waals surface area contributed by atoms with E-state index in [4.69, 9.17) is 5.84 Å². The van der Waals surface area contributed by atoms with Crippen molar-refractivity contribution >= 4 is 21.4 Å². The molecule has 0 spiro atoms. The van der Waals surface area contributed by atoms with Crippen LogP contribution < -0.4 is 11.3 Å². The Morgan fingerprint density at radius 2 is 2.10 bits per heavy atom. The van der Waals surface area contributed by atoms with Gasteiger partial charge in [0.15, 0.2) is 0 Å². The van der Waals surface area contributed by atoms with Crippen molar-refractivity contribution in [3.05, 3.63) is 53.2 Å². The van der Waals surface area contributed by atoms with Crippen LogP contribution in [-0.2, 0) is 6.42 Å². The van der Waals surface area contributed by atoms with Crippen molar-refractivity contribution in [2.45, 2.75) is 32.4 Å². The number of nitrogens with two attached hydrogens (primary N) is 1. The quantitative estimate of drug-likeness (QED) is 0.560. The SMILES string of the molecule is CC(C)n1ccc(CC(NN)c2csc3ccccc23)n1. The maximum absolute atomic E-state index is 5.79. The maximum Gasteiger partial charge on any atom is 0.0644 e. The fraction of sp³-hybridized carbons (Fsp3) is 0.312. The molecule has 3 aromatic rings. The molecular weight excluding hydrogens is 280 g/mol. The number of hydrogen-bond donors (Lipinski definition) is 2. The van der Waals surface area contributed by atoms with Crippen LogP contribution in [0.4, 0.5) is 0 Å². The largest absolute Gasteiger partial charge is 0.271 e. The summed E-state index contributed by atoms with van der Waals surface area (Å²) >= 11 is 1.76. The Morgan fingerprint density at radius 3 is 2.81 bits per heavy atom. The van der Waals surface area contributed by atoms with Gasteiger partial charge in [-0.1, -0.05) is 18.2 Å². The van der Waals surface area contributed by atoms with E-state index in [0.717, 1.165) is 12.1 Å². The van der Waals surface area contributed by atoms with Crippen molar-refractivity contribution in [2.24, 2.45) is 5.84 Å². The lowest BCUT2D eigenvalue weighted by atomic mass is 10.0. The van der Waals surface area contributed by atoms with Crippen LogP contribution in [0.1, 0.15) is 37.2 Å². The summed E-state index contributed by atoms with van der Waals surface area (Å²) < 4.78 is 3.27. The monoisotopic (exact) mass is 300 g/mol. The number of benzene rings is 1. The van der Waals surface area contributed by atoms with Gasteiger partial charge in [0.25, 0.3) is 0 Å². The van der Waals surface area contributed by atoms with Gasteiger partial charge in [0.1, 0.15) is 0 Å². The molecule has 2 aromatic heterocycles. The second-order valence-electron chi connectivity index (χ2n) is 5.49. The van der Waals surface area contributed by atoms with Crippen molar-refractivity contribution in [2.75, 3.05) is 0 Å². The first-order chi connectivity index (χ1) is 10.2. The van der Waals surface area contributed by atoms with Crippen LogP contribution in [0.25, 0.3) is 10.1 Å². The summed E-state index contributed by atoms with van der Waals surface area (Å²) in [6, 6.07) is 11.0. The third-order valence-corrected chi connectivity index (χ3v) is 4.68. The van der Waals surface area contributed by atoms with Gasteiger partial charge in [-0.3, -0.25) is 16.0 Å². The molecule has 0 radical (unpaired) electrons. The molecule has 1 unspecified atom stereocenters. The second-order valence-corrected chi connectivity index (χ2v) is 6.40. The van der Waals surface area contributed by atoms with Crippen molar-refractivity contribution < 1.29 is 0 Å². The molecule has 1 aromatic carbocycles. The molecule has 0 saturated carbocycles. The van der Waals surface area contributed by atoms with E-state index >= 15 is 0 Å². The lowest BCUT2D eigenvalue weighted by Gasteiger charge is -2.14. The van der Waals surface area contributed by atoms with Gasteiger partial charge < -0.3 is 0 Å². The number of thiophene rings is 1. The fourth-order valence-electron chi connectivity index (χ4n) is 2.51. The van der Waals surface area contributed by atoms with Crippen LogP contribution in [0, 0.1) is 0 Å². The van der Waals surface area contributed by atoms with Crippen LogP contribution >= 0.6 is 11.3 Å². The van der Waals surface area contributed by atoms with Crippen molar-refractivity contribution in [1.29, 1.82) is 0 Å². The lowest BCUT2D eigenvalue weighted by molar-refractivity contribution is 0.508. The Labute approximate surface area is 128 Å². The summed E-state index contributed by atoms with van der Waals surface area (Å²) in [6.45, 7) is 4.25. The first-order valence-electron chi connectivity index (χ1n) is 7.15. The molecule has 0 fully saturated rings. The molecule has 0 aliphatic rings. The first-order valence-corrected chi connectivity index (χ1v) is 8.03. The minimum atomic E-state index is 0.0802. The van der Waals surface area contributed by atoms with E-state index < -0.39 is 0 Å². The van der Waals surface area contributed by atoms with E-state index in [-0.39, 0.29) is 6.04 Å². The van der Waals surface area contributed by atoms with Crippen LogP contribution in [-0.4, -0.2) is 9.78 Å². The predicted molar refractivity (Wildman–Crippen MR) is 88.2 cm³/mol. The Kier molecular flexibility index (Phi) is 4.05. The highest BCUT2D eigenvalue weighted by Crippen LogP contribution is 2.31. The molecule has 110 valence electrons. The topological polar surface area (TPSA) is 55.9 Å². The number of nitrogens with one attached hydrogen (secondary N) is 1. The number of nitrogens with zero attached hydrogens (tertiary/aromatic N) is 2. The highest BCUT2D eigenvalue weighted by atomic mass is 32.1. The van der Waals surface area contributed by atoms with Gasteiger partial charge in [0.05, 0.1) is 11.7 Å². The molecule has 21 heavy (non-hydrogen) atoms. The van der Waals surface area contributed by atoms with Gasteiger partial charge in [0, 0.05) is 23.4 Å². The molecule has 5 heteroatoms. The molecule has 0 saturated heterocycles. The average molecular weight is 300 g/mol. The molecule has 2 heterocycles. The normalized spacial score (nSPS) is 13.1. The van der Waals surface area contributed by atoms with E-state index in [2.05, 4.69) is 60.1 Å². The van der Waals surface area contributed by atoms with Crippen LogP contribution in [0.3, 0.4) is 0 Å². The average Bonchev–Trinajstić information content (AvgIpc) is 3.11. The Balaban J connectivity index is 1.87. The molecule has 4 nitrogen and oxygen atoms in total. The highest BCUT2D eigenvalue weighted by molar-refractivity contribution is 7.17. The standard InChI is InChI=1S/C16H20N4S/c1-11(2)20-8-7-12(19-20)9-15(18-17)14-10-21-16-6-4-3-5-13(14)16/h3-8,10-11,15,18H,9,17H2,1-2H3. The van der Waals surface area contributed by atoms with E-state index in [1.165, 1.54) is 15.6 Å². The molecule has 3 N–H and O–H groups in total. The van der Waals surface area contributed by atoms with Gasteiger partial charge in [-0.2, -0.15) is 5.10 Å². The molecule has 0 aliphatic heterocycles. The third-order valence-electron chi connectivity index (χ3n) is 3.69. The Morgan fingerprint density at radius 1 is 1.29 bits per heavy atom. The van der Waals surface area contributed by atoms with E-state index in [1.807, 2.05) is 10.9 Å². The molecule has 0 bridgehead atoms. The van der Waals surface area contributed by atoms with Gasteiger partial charge in [-0.05, 0) is 42.3 Å². The van der Waals surface area contributed by atoms with Crippen LogP contribution in [0.2, 0.25) is 0 Å². The summed E-state index contributed by atoms with van der Waals surface area (Å²) in [5, 5.41) is 8.07. The number of hydrazine groups is 1. The Hall–Kier alpha value is -1.69. The molecular formula is C16H20N4S. The summed E-state index contributed by atoms with van der Waals surface area (Å²) in [5.41, 5.74) is 5.25. The van der Waals surface area contributed by atoms with Gasteiger partial charge in [-0.15, -0.1) is 11.3 Å². The third kappa shape index (κ3) is 2.85.